The van der Waals surface area contributed by atoms with Crippen molar-refractivity contribution in [3.8, 4) is 0 Å². The third kappa shape index (κ3) is 2.13. The van der Waals surface area contributed by atoms with Gasteiger partial charge in [-0.05, 0) is 29.9 Å². The highest BCUT2D eigenvalue weighted by atomic mass is 32.1. The van der Waals surface area contributed by atoms with Gasteiger partial charge in [-0.3, -0.25) is 0 Å². The van der Waals surface area contributed by atoms with Crippen molar-refractivity contribution in [2.24, 2.45) is 0 Å². The van der Waals surface area contributed by atoms with Crippen LogP contribution in [-0.2, 0) is 6.42 Å². The van der Waals surface area contributed by atoms with Crippen LogP contribution in [0, 0.1) is 0 Å². The molecule has 2 aromatic heterocycles. The van der Waals surface area contributed by atoms with E-state index < -0.39 is 5.97 Å². The lowest BCUT2D eigenvalue weighted by molar-refractivity contribution is 0.0701. The molecule has 0 unspecified atom stereocenters. The molecule has 1 N–H and O–H groups in total. The quantitative estimate of drug-likeness (QED) is 0.803. The number of carbonyl (C=O) groups is 1. The molecule has 2 heterocycles. The molecule has 0 atom stereocenters. The maximum atomic E-state index is 11.1. The molecule has 0 fully saturated rings. The van der Waals surface area contributed by atoms with Gasteiger partial charge in [0.1, 0.15) is 4.88 Å². The molecular weight excluding hydrogens is 240 g/mol. The van der Waals surface area contributed by atoms with Gasteiger partial charge in [0.15, 0.2) is 0 Å². The van der Waals surface area contributed by atoms with Crippen molar-refractivity contribution in [1.29, 1.82) is 0 Å². The summed E-state index contributed by atoms with van der Waals surface area (Å²) >= 11 is 3.06. The fourth-order valence-electron chi connectivity index (χ4n) is 1.82. The summed E-state index contributed by atoms with van der Waals surface area (Å²) in [5.74, 6) is -0.778. The molecule has 0 aliphatic heterocycles. The number of aryl methyl sites for hydroxylation is 1. The van der Waals surface area contributed by atoms with E-state index in [2.05, 4.69) is 6.92 Å². The highest BCUT2D eigenvalue weighted by Gasteiger charge is 2.17. The van der Waals surface area contributed by atoms with Gasteiger partial charge in [0.25, 0.3) is 0 Å². The van der Waals surface area contributed by atoms with Gasteiger partial charge >= 0.3 is 5.97 Å². The lowest BCUT2D eigenvalue weighted by Gasteiger charge is -1.99. The summed E-state index contributed by atoms with van der Waals surface area (Å²) in [5, 5.41) is 11.2. The molecule has 0 saturated carbocycles. The fourth-order valence-corrected chi connectivity index (χ4v) is 4.10. The molecule has 0 aromatic carbocycles. The van der Waals surface area contributed by atoms with Crippen molar-refractivity contribution in [1.82, 2.24) is 0 Å². The predicted molar refractivity (Wildman–Crippen MR) is 69.9 cm³/mol. The molecule has 2 aromatic rings. The Kier molecular flexibility index (Phi) is 3.61. The Morgan fingerprint density at radius 2 is 2.25 bits per heavy atom. The Hall–Kier alpha value is -0.870. The van der Waals surface area contributed by atoms with E-state index in [1.165, 1.54) is 28.9 Å². The molecular formula is C12H14O2S2. The second-order valence-corrected chi connectivity index (χ2v) is 5.75. The van der Waals surface area contributed by atoms with Crippen molar-refractivity contribution in [2.45, 2.75) is 32.6 Å². The smallest absolute Gasteiger partial charge is 0.346 e. The van der Waals surface area contributed by atoms with Gasteiger partial charge in [-0.1, -0.05) is 19.8 Å². The summed E-state index contributed by atoms with van der Waals surface area (Å²) in [6, 6.07) is 2.01. The molecule has 0 spiro atoms. The Balaban J connectivity index is 2.33. The van der Waals surface area contributed by atoms with E-state index in [1.54, 1.807) is 11.3 Å². The second kappa shape index (κ2) is 4.97. The summed E-state index contributed by atoms with van der Waals surface area (Å²) in [6.45, 7) is 2.16. The summed E-state index contributed by atoms with van der Waals surface area (Å²) in [5.41, 5.74) is 1.05. The van der Waals surface area contributed by atoms with Gasteiger partial charge < -0.3 is 5.11 Å². The standard InChI is InChI=1S/C12H14O2S2/c1-2-3-4-5-8-10-9(6-7-15-10)16-11(8)12(13)14/h6-7H,2-5H2,1H3,(H,13,14). The lowest BCUT2D eigenvalue weighted by Crippen LogP contribution is -1.97. The van der Waals surface area contributed by atoms with E-state index in [4.69, 9.17) is 5.11 Å². The van der Waals surface area contributed by atoms with E-state index in [0.29, 0.717) is 4.88 Å². The second-order valence-electron chi connectivity index (χ2n) is 3.79. The first kappa shape index (κ1) is 11.6. The number of carboxylic acids is 1. The number of fused-ring (bicyclic) bond motifs is 1. The number of carboxylic acid groups (broad SMARTS) is 1. The van der Waals surface area contributed by atoms with Crippen molar-refractivity contribution < 1.29 is 9.90 Å². The van der Waals surface area contributed by atoms with Crippen LogP contribution in [0.2, 0.25) is 0 Å². The van der Waals surface area contributed by atoms with Crippen molar-refractivity contribution in [3.05, 3.63) is 21.9 Å². The maximum Gasteiger partial charge on any atom is 0.346 e. The normalized spacial score (nSPS) is 11.1. The van der Waals surface area contributed by atoms with Crippen LogP contribution in [0.25, 0.3) is 9.40 Å². The van der Waals surface area contributed by atoms with Crippen molar-refractivity contribution in [2.75, 3.05) is 0 Å². The third-order valence-corrected chi connectivity index (χ3v) is 4.90. The number of unbranched alkanes of at least 4 members (excludes halogenated alkanes) is 2. The number of hydrogen-bond donors (Lipinski definition) is 1. The van der Waals surface area contributed by atoms with Crippen LogP contribution >= 0.6 is 22.7 Å². The molecule has 2 nitrogen and oxygen atoms in total. The topological polar surface area (TPSA) is 37.3 Å². The molecule has 2 rings (SSSR count). The zero-order chi connectivity index (χ0) is 11.5. The number of aromatic carboxylic acids is 1. The number of hydrogen-bond acceptors (Lipinski definition) is 3. The third-order valence-electron chi connectivity index (χ3n) is 2.61. The minimum absolute atomic E-state index is 0.540. The minimum Gasteiger partial charge on any atom is -0.477 e. The molecule has 0 aliphatic carbocycles. The summed E-state index contributed by atoms with van der Waals surface area (Å²) in [4.78, 5) is 11.7. The highest BCUT2D eigenvalue weighted by molar-refractivity contribution is 7.28. The minimum atomic E-state index is -0.778. The number of thiophene rings is 2. The average molecular weight is 254 g/mol. The molecule has 0 bridgehead atoms. The van der Waals surface area contributed by atoms with E-state index in [0.717, 1.165) is 23.1 Å². The lowest BCUT2D eigenvalue weighted by atomic mass is 10.1. The Labute approximate surface area is 103 Å². The first-order valence-electron chi connectivity index (χ1n) is 5.46. The van der Waals surface area contributed by atoms with Crippen molar-refractivity contribution in [3.63, 3.8) is 0 Å². The van der Waals surface area contributed by atoms with Gasteiger partial charge in [-0.2, -0.15) is 0 Å². The zero-order valence-electron chi connectivity index (χ0n) is 9.16. The van der Waals surface area contributed by atoms with Crippen LogP contribution in [0.15, 0.2) is 11.4 Å². The summed E-state index contributed by atoms with van der Waals surface area (Å²) in [6.07, 6.45) is 4.32. The van der Waals surface area contributed by atoms with Crippen LogP contribution in [0.1, 0.15) is 41.4 Å². The Morgan fingerprint density at radius 1 is 1.44 bits per heavy atom. The monoisotopic (exact) mass is 254 g/mol. The molecule has 0 amide bonds. The Bertz CT molecular complexity index is 496. The number of rotatable bonds is 5. The zero-order valence-corrected chi connectivity index (χ0v) is 10.8. The molecule has 86 valence electrons. The van der Waals surface area contributed by atoms with Crippen LogP contribution in [0.3, 0.4) is 0 Å². The van der Waals surface area contributed by atoms with Gasteiger partial charge in [-0.25, -0.2) is 4.79 Å². The fraction of sp³-hybridized carbons (Fsp3) is 0.417. The predicted octanol–water partition coefficient (Wildman–Crippen LogP) is 4.39. The van der Waals surface area contributed by atoms with Crippen molar-refractivity contribution >= 4 is 38.0 Å². The molecule has 0 saturated heterocycles. The van der Waals surface area contributed by atoms with Gasteiger partial charge in [0.05, 0.1) is 0 Å². The van der Waals surface area contributed by atoms with Gasteiger partial charge in [-0.15, -0.1) is 22.7 Å². The molecule has 0 aliphatic rings. The average Bonchev–Trinajstić information content (AvgIpc) is 2.79. The maximum absolute atomic E-state index is 11.1. The SMILES string of the molecule is CCCCCc1c(C(=O)O)sc2ccsc12. The first-order chi connectivity index (χ1) is 7.74. The summed E-state index contributed by atoms with van der Waals surface area (Å²) < 4.78 is 2.30. The summed E-state index contributed by atoms with van der Waals surface area (Å²) in [7, 11) is 0. The largest absolute Gasteiger partial charge is 0.477 e. The molecule has 0 radical (unpaired) electrons. The van der Waals surface area contributed by atoms with E-state index >= 15 is 0 Å². The Morgan fingerprint density at radius 3 is 2.94 bits per heavy atom. The molecule has 4 heteroatoms. The van der Waals surface area contributed by atoms with E-state index in [9.17, 15) is 4.79 Å². The van der Waals surface area contributed by atoms with Crippen LogP contribution < -0.4 is 0 Å². The van der Waals surface area contributed by atoms with Gasteiger partial charge in [0.2, 0.25) is 0 Å². The highest BCUT2D eigenvalue weighted by Crippen LogP contribution is 2.36. The van der Waals surface area contributed by atoms with Crippen LogP contribution in [0.5, 0.6) is 0 Å². The molecule has 16 heavy (non-hydrogen) atoms. The van der Waals surface area contributed by atoms with E-state index in [1.807, 2.05) is 11.4 Å². The van der Waals surface area contributed by atoms with Gasteiger partial charge in [0, 0.05) is 9.40 Å². The first-order valence-corrected chi connectivity index (χ1v) is 7.15. The van der Waals surface area contributed by atoms with Crippen LogP contribution in [0.4, 0.5) is 0 Å². The van der Waals surface area contributed by atoms with E-state index in [-0.39, 0.29) is 0 Å². The van der Waals surface area contributed by atoms with Crippen LogP contribution in [-0.4, -0.2) is 11.1 Å².